The molecule has 0 saturated carbocycles. The second-order valence-electron chi connectivity index (χ2n) is 9.61. The number of amides is 2. The Balaban J connectivity index is 1.91. The molecular weight excluding hydrogens is 476 g/mol. The molecule has 0 aliphatic rings. The molecule has 1 aromatic carbocycles. The maximum atomic E-state index is 13.7. The zero-order valence-corrected chi connectivity index (χ0v) is 22.4. The zero-order valence-electron chi connectivity index (χ0n) is 22.4. The number of hydrogen-bond acceptors (Lipinski definition) is 8. The third-order valence-electron chi connectivity index (χ3n) is 5.39. The minimum absolute atomic E-state index is 0.198. The van der Waals surface area contributed by atoms with Gasteiger partial charge >= 0.3 is 0 Å². The van der Waals surface area contributed by atoms with Gasteiger partial charge in [0.25, 0.3) is 0 Å². The Hall–Kier alpha value is -3.73. The number of nitrogens with one attached hydrogen (secondary N) is 1. The molecule has 0 bridgehead atoms. The third kappa shape index (κ3) is 7.88. The van der Waals surface area contributed by atoms with Gasteiger partial charge in [-0.25, -0.2) is 0 Å². The highest BCUT2D eigenvalue weighted by molar-refractivity contribution is 5.89. The second kappa shape index (κ2) is 12.5. The molecule has 200 valence electrons. The van der Waals surface area contributed by atoms with Crippen LogP contribution in [0.25, 0.3) is 11.6 Å². The zero-order chi connectivity index (χ0) is 27.0. The largest absolute Gasteiger partial charge is 0.497 e. The monoisotopic (exact) mass is 512 g/mol. The van der Waals surface area contributed by atoms with E-state index in [4.69, 9.17) is 13.9 Å². The summed E-state index contributed by atoms with van der Waals surface area (Å²) in [5.41, 5.74) is 0.163. The van der Waals surface area contributed by atoms with Crippen molar-refractivity contribution in [3.05, 3.63) is 47.7 Å². The topological polar surface area (TPSA) is 125 Å². The summed E-state index contributed by atoms with van der Waals surface area (Å²) in [6.45, 7) is 10.5. The molecule has 2 amide bonds. The molecule has 1 unspecified atom stereocenters. The summed E-state index contributed by atoms with van der Waals surface area (Å²) in [4.78, 5) is 30.0. The molecule has 0 aliphatic heterocycles. The molecule has 1 atom stereocenters. The van der Waals surface area contributed by atoms with Crippen molar-refractivity contribution in [2.45, 2.75) is 59.2 Å². The minimum atomic E-state index is -0.880. The van der Waals surface area contributed by atoms with Crippen molar-refractivity contribution in [2.24, 2.45) is 0 Å². The van der Waals surface area contributed by atoms with Gasteiger partial charge in [0, 0.05) is 25.3 Å². The van der Waals surface area contributed by atoms with Crippen LogP contribution in [-0.2, 0) is 20.9 Å². The SMILES string of the molecule is CCOCCCN(C(=O)Cn1nnc(-c2ccc(C)o2)n1)C(C(=O)NC(C)(C)C)c1ccc(OC)cc1. The molecule has 3 rings (SSSR count). The van der Waals surface area contributed by atoms with Crippen LogP contribution in [0.4, 0.5) is 0 Å². The number of rotatable bonds is 12. The van der Waals surface area contributed by atoms with E-state index in [0.717, 1.165) is 5.76 Å². The second-order valence-corrected chi connectivity index (χ2v) is 9.61. The lowest BCUT2D eigenvalue weighted by Gasteiger charge is -2.33. The molecule has 37 heavy (non-hydrogen) atoms. The number of carbonyl (C=O) groups excluding carboxylic acids is 2. The van der Waals surface area contributed by atoms with Gasteiger partial charge in [-0.3, -0.25) is 9.59 Å². The Morgan fingerprint density at radius 2 is 1.89 bits per heavy atom. The van der Waals surface area contributed by atoms with E-state index in [1.54, 1.807) is 48.4 Å². The number of tetrazole rings is 1. The molecule has 0 aliphatic carbocycles. The average Bonchev–Trinajstić information content (AvgIpc) is 3.49. The standard InChI is InChI=1S/C26H36N6O5/c1-7-36-16-8-15-31(22(33)17-32-29-24(28-30-32)21-14-9-18(2)37-21)23(25(34)27-26(3,4)5)19-10-12-20(35-6)13-11-19/h9-14,23H,7-8,15-17H2,1-6H3,(H,27,34). The fraction of sp³-hybridized carbons (Fsp3) is 0.500. The Morgan fingerprint density at radius 3 is 2.49 bits per heavy atom. The van der Waals surface area contributed by atoms with Crippen LogP contribution < -0.4 is 10.1 Å². The number of methoxy groups -OCH3 is 1. The highest BCUT2D eigenvalue weighted by Gasteiger charge is 2.33. The molecule has 0 radical (unpaired) electrons. The first kappa shape index (κ1) is 27.9. The molecular formula is C26H36N6O5. The number of ether oxygens (including phenoxy) is 2. The number of hydrogen-bond donors (Lipinski definition) is 1. The number of aryl methyl sites for hydroxylation is 1. The highest BCUT2D eigenvalue weighted by Crippen LogP contribution is 2.26. The van der Waals surface area contributed by atoms with Gasteiger partial charge in [0.1, 0.15) is 24.1 Å². The van der Waals surface area contributed by atoms with Crippen molar-refractivity contribution in [1.82, 2.24) is 30.4 Å². The number of aromatic nitrogens is 4. The van der Waals surface area contributed by atoms with Gasteiger partial charge in [-0.1, -0.05) is 12.1 Å². The summed E-state index contributed by atoms with van der Waals surface area (Å²) in [5.74, 6) is 1.49. The normalized spacial score (nSPS) is 12.3. The summed E-state index contributed by atoms with van der Waals surface area (Å²) in [5, 5.41) is 15.3. The van der Waals surface area contributed by atoms with E-state index < -0.39 is 11.6 Å². The molecule has 0 spiro atoms. The van der Waals surface area contributed by atoms with Crippen molar-refractivity contribution in [2.75, 3.05) is 26.9 Å². The van der Waals surface area contributed by atoms with Crippen molar-refractivity contribution in [3.63, 3.8) is 0 Å². The van der Waals surface area contributed by atoms with Gasteiger partial charge in [0.2, 0.25) is 17.6 Å². The molecule has 0 saturated heterocycles. The number of furan rings is 1. The molecule has 11 nitrogen and oxygen atoms in total. The summed E-state index contributed by atoms with van der Waals surface area (Å²) in [6, 6.07) is 9.79. The summed E-state index contributed by atoms with van der Waals surface area (Å²) >= 11 is 0. The maximum absolute atomic E-state index is 13.7. The van der Waals surface area contributed by atoms with Crippen LogP contribution in [0.2, 0.25) is 0 Å². The van der Waals surface area contributed by atoms with Gasteiger partial charge in [-0.2, -0.15) is 4.80 Å². The van der Waals surface area contributed by atoms with Crippen LogP contribution in [0.1, 0.15) is 51.5 Å². The fourth-order valence-corrected chi connectivity index (χ4v) is 3.75. The average molecular weight is 513 g/mol. The summed E-state index contributed by atoms with van der Waals surface area (Å²) in [7, 11) is 1.58. The first-order valence-electron chi connectivity index (χ1n) is 12.3. The van der Waals surface area contributed by atoms with Crippen LogP contribution >= 0.6 is 0 Å². The van der Waals surface area contributed by atoms with Gasteiger partial charge in [0.05, 0.1) is 7.11 Å². The van der Waals surface area contributed by atoms with E-state index in [-0.39, 0.29) is 24.2 Å². The predicted molar refractivity (Wildman–Crippen MR) is 137 cm³/mol. The Kier molecular flexibility index (Phi) is 9.40. The molecule has 11 heteroatoms. The van der Waals surface area contributed by atoms with Gasteiger partial charge in [0.15, 0.2) is 5.76 Å². The van der Waals surface area contributed by atoms with Crippen molar-refractivity contribution >= 4 is 11.8 Å². The Labute approximate surface area is 217 Å². The molecule has 2 heterocycles. The van der Waals surface area contributed by atoms with E-state index in [2.05, 4.69) is 20.7 Å². The quantitative estimate of drug-likeness (QED) is 0.367. The number of benzene rings is 1. The Morgan fingerprint density at radius 1 is 1.16 bits per heavy atom. The summed E-state index contributed by atoms with van der Waals surface area (Å²) < 4.78 is 16.3. The van der Waals surface area contributed by atoms with E-state index in [1.807, 2.05) is 34.6 Å². The van der Waals surface area contributed by atoms with Crippen LogP contribution in [0.15, 0.2) is 40.8 Å². The van der Waals surface area contributed by atoms with Crippen LogP contribution in [-0.4, -0.2) is 69.3 Å². The lowest BCUT2D eigenvalue weighted by Crippen LogP contribution is -2.50. The van der Waals surface area contributed by atoms with Crippen molar-refractivity contribution in [1.29, 1.82) is 0 Å². The third-order valence-corrected chi connectivity index (χ3v) is 5.39. The number of carbonyl (C=O) groups is 2. The summed E-state index contributed by atoms with van der Waals surface area (Å²) in [6.07, 6.45) is 0.552. The fourth-order valence-electron chi connectivity index (χ4n) is 3.75. The molecule has 2 aromatic heterocycles. The smallest absolute Gasteiger partial charge is 0.247 e. The van der Waals surface area contributed by atoms with Gasteiger partial charge in [-0.05, 0) is 76.1 Å². The van der Waals surface area contributed by atoms with Gasteiger partial charge in [-0.15, -0.1) is 10.2 Å². The Bertz CT molecular complexity index is 1160. The van der Waals surface area contributed by atoms with E-state index >= 15 is 0 Å². The van der Waals surface area contributed by atoms with E-state index in [0.29, 0.717) is 43.3 Å². The lowest BCUT2D eigenvalue weighted by molar-refractivity contribution is -0.142. The predicted octanol–water partition coefficient (Wildman–Crippen LogP) is 3.16. The number of nitrogens with zero attached hydrogens (tertiary/aromatic N) is 5. The first-order valence-corrected chi connectivity index (χ1v) is 12.3. The molecule has 0 fully saturated rings. The van der Waals surface area contributed by atoms with E-state index in [9.17, 15) is 9.59 Å². The van der Waals surface area contributed by atoms with Crippen molar-refractivity contribution in [3.8, 4) is 17.3 Å². The highest BCUT2D eigenvalue weighted by atomic mass is 16.5. The van der Waals surface area contributed by atoms with Crippen molar-refractivity contribution < 1.29 is 23.5 Å². The minimum Gasteiger partial charge on any atom is -0.497 e. The molecule has 3 aromatic rings. The van der Waals surface area contributed by atoms with Crippen LogP contribution in [0.3, 0.4) is 0 Å². The van der Waals surface area contributed by atoms with Crippen LogP contribution in [0.5, 0.6) is 5.75 Å². The molecule has 1 N–H and O–H groups in total. The lowest BCUT2D eigenvalue weighted by atomic mass is 10.0. The van der Waals surface area contributed by atoms with Gasteiger partial charge < -0.3 is 24.1 Å². The maximum Gasteiger partial charge on any atom is 0.247 e. The van der Waals surface area contributed by atoms with Crippen LogP contribution in [0, 0.1) is 6.92 Å². The first-order chi connectivity index (χ1) is 17.6. The van der Waals surface area contributed by atoms with E-state index in [1.165, 1.54) is 4.80 Å².